The number of anilines is 1. The van der Waals surface area contributed by atoms with Gasteiger partial charge in [-0.3, -0.25) is 19.3 Å². The number of likely N-dealkylation sites (tertiary alicyclic amines) is 1. The summed E-state index contributed by atoms with van der Waals surface area (Å²) < 4.78 is 18.2. The number of rotatable bonds is 5. The van der Waals surface area contributed by atoms with E-state index < -0.39 is 6.04 Å². The normalized spacial score (nSPS) is 20.2. The van der Waals surface area contributed by atoms with Crippen molar-refractivity contribution in [3.05, 3.63) is 59.9 Å². The Morgan fingerprint density at radius 3 is 2.48 bits per heavy atom. The van der Waals surface area contributed by atoms with Gasteiger partial charge in [-0.15, -0.1) is 0 Å². The van der Waals surface area contributed by atoms with Crippen LogP contribution >= 0.6 is 0 Å². The monoisotopic (exact) mass is 425 g/mol. The summed E-state index contributed by atoms with van der Waals surface area (Å²) in [5.41, 5.74) is 0.924. The van der Waals surface area contributed by atoms with Crippen LogP contribution < -0.4 is 15.0 Å². The molecule has 2 aliphatic rings. The molecule has 2 fully saturated rings. The molecule has 0 radical (unpaired) electrons. The zero-order valence-electron chi connectivity index (χ0n) is 17.2. The molecule has 0 bridgehead atoms. The summed E-state index contributed by atoms with van der Waals surface area (Å²) in [5, 5.41) is 2.97. The summed E-state index contributed by atoms with van der Waals surface area (Å²) in [6, 6.07) is 11.8. The van der Waals surface area contributed by atoms with Crippen molar-refractivity contribution < 1.29 is 23.5 Å². The van der Waals surface area contributed by atoms with Gasteiger partial charge in [0, 0.05) is 30.8 Å². The number of nitrogens with one attached hydrogen (secondary N) is 1. The van der Waals surface area contributed by atoms with Crippen LogP contribution in [0.2, 0.25) is 0 Å². The molecule has 1 unspecified atom stereocenters. The molecular formula is C23H24FN3O4. The zero-order chi connectivity index (χ0) is 22.0. The highest BCUT2D eigenvalue weighted by Gasteiger charge is 2.43. The fraction of sp³-hybridized carbons (Fsp3) is 0.348. The number of imide groups is 1. The zero-order valence-corrected chi connectivity index (χ0v) is 17.2. The summed E-state index contributed by atoms with van der Waals surface area (Å²) in [5.74, 6) is -0.500. The Morgan fingerprint density at radius 1 is 1.10 bits per heavy atom. The Kier molecular flexibility index (Phi) is 5.99. The van der Waals surface area contributed by atoms with Gasteiger partial charge in [-0.05, 0) is 49.2 Å². The number of hydrogen-bond acceptors (Lipinski definition) is 5. The second kappa shape index (κ2) is 8.85. The molecule has 2 heterocycles. The Bertz CT molecular complexity index is 987. The van der Waals surface area contributed by atoms with E-state index in [9.17, 15) is 18.8 Å². The second-order valence-corrected chi connectivity index (χ2v) is 7.78. The number of carbonyl (C=O) groups excluding carboxylic acids is 3. The third-order valence-corrected chi connectivity index (χ3v) is 5.85. The molecule has 1 atom stereocenters. The number of benzene rings is 2. The molecule has 2 aromatic carbocycles. The first-order valence-electron chi connectivity index (χ1n) is 10.3. The third kappa shape index (κ3) is 4.44. The van der Waals surface area contributed by atoms with Gasteiger partial charge in [-0.25, -0.2) is 9.29 Å². The topological polar surface area (TPSA) is 79.0 Å². The summed E-state index contributed by atoms with van der Waals surface area (Å²) in [6.07, 6.45) is 1.48. The van der Waals surface area contributed by atoms with E-state index in [0.717, 1.165) is 0 Å². The second-order valence-electron chi connectivity index (χ2n) is 7.78. The van der Waals surface area contributed by atoms with Crippen LogP contribution in [0.1, 0.15) is 29.6 Å². The third-order valence-electron chi connectivity index (χ3n) is 5.85. The van der Waals surface area contributed by atoms with E-state index >= 15 is 0 Å². The molecule has 162 valence electrons. The van der Waals surface area contributed by atoms with Gasteiger partial charge in [0.1, 0.15) is 11.6 Å². The minimum atomic E-state index is -0.493. The maximum Gasteiger partial charge on any atom is 0.251 e. The van der Waals surface area contributed by atoms with Crippen LogP contribution in [0.25, 0.3) is 0 Å². The van der Waals surface area contributed by atoms with Crippen LogP contribution in [-0.4, -0.2) is 54.9 Å². The highest BCUT2D eigenvalue weighted by Crippen LogP contribution is 2.29. The molecular weight excluding hydrogens is 401 g/mol. The average molecular weight is 425 g/mol. The number of nitrogens with zero attached hydrogens (tertiary/aromatic N) is 2. The predicted molar refractivity (Wildman–Crippen MR) is 112 cm³/mol. The number of hydrogen-bond donors (Lipinski definition) is 1. The Labute approximate surface area is 179 Å². The molecule has 31 heavy (non-hydrogen) atoms. The number of halogens is 1. The van der Waals surface area contributed by atoms with Gasteiger partial charge in [-0.1, -0.05) is 6.07 Å². The molecule has 8 heteroatoms. The standard InChI is InChI=1S/C23H24FN3O4/c1-31-19-4-2-3-18(13-19)27-21(28)14-20(23(27)30)26-11-9-17(10-12-26)25-22(29)15-5-7-16(24)8-6-15/h2-8,13,17,20H,9-12,14H2,1H3,(H,25,29). The first kappa shape index (κ1) is 21.0. The van der Waals surface area contributed by atoms with Crippen molar-refractivity contribution in [3.8, 4) is 5.75 Å². The van der Waals surface area contributed by atoms with E-state index in [2.05, 4.69) is 5.32 Å². The van der Waals surface area contributed by atoms with Crippen molar-refractivity contribution in [1.29, 1.82) is 0 Å². The number of methoxy groups -OCH3 is 1. The number of piperidine rings is 1. The van der Waals surface area contributed by atoms with E-state index in [4.69, 9.17) is 4.74 Å². The minimum Gasteiger partial charge on any atom is -0.497 e. The molecule has 4 rings (SSSR count). The molecule has 3 amide bonds. The van der Waals surface area contributed by atoms with E-state index in [1.54, 1.807) is 24.3 Å². The van der Waals surface area contributed by atoms with Gasteiger partial charge in [0.15, 0.2) is 0 Å². The lowest BCUT2D eigenvalue weighted by molar-refractivity contribution is -0.123. The molecule has 0 spiro atoms. The van der Waals surface area contributed by atoms with Crippen molar-refractivity contribution in [2.75, 3.05) is 25.1 Å². The van der Waals surface area contributed by atoms with Gasteiger partial charge >= 0.3 is 0 Å². The fourth-order valence-corrected chi connectivity index (χ4v) is 4.15. The van der Waals surface area contributed by atoms with Crippen LogP contribution in [-0.2, 0) is 9.59 Å². The van der Waals surface area contributed by atoms with Crippen LogP contribution in [0.15, 0.2) is 48.5 Å². The summed E-state index contributed by atoms with van der Waals surface area (Å²) in [6.45, 7) is 1.20. The van der Waals surface area contributed by atoms with E-state index in [0.29, 0.717) is 42.9 Å². The van der Waals surface area contributed by atoms with E-state index in [1.807, 2.05) is 4.90 Å². The lowest BCUT2D eigenvalue weighted by Gasteiger charge is -2.35. The van der Waals surface area contributed by atoms with Crippen molar-refractivity contribution in [2.24, 2.45) is 0 Å². The van der Waals surface area contributed by atoms with Crippen molar-refractivity contribution in [3.63, 3.8) is 0 Å². The molecule has 2 saturated heterocycles. The molecule has 2 aliphatic heterocycles. The Balaban J connectivity index is 1.35. The maximum absolute atomic E-state index is 13.0. The first-order valence-corrected chi connectivity index (χ1v) is 10.3. The lowest BCUT2D eigenvalue weighted by Crippen LogP contribution is -2.50. The minimum absolute atomic E-state index is 0.0319. The largest absolute Gasteiger partial charge is 0.497 e. The molecule has 0 aromatic heterocycles. The van der Waals surface area contributed by atoms with E-state index in [-0.39, 0.29) is 36.0 Å². The molecule has 0 aliphatic carbocycles. The van der Waals surface area contributed by atoms with Crippen LogP contribution in [0.4, 0.5) is 10.1 Å². The average Bonchev–Trinajstić information content (AvgIpc) is 3.08. The Morgan fingerprint density at radius 2 is 1.81 bits per heavy atom. The lowest BCUT2D eigenvalue weighted by atomic mass is 10.0. The number of ether oxygens (including phenoxy) is 1. The van der Waals surface area contributed by atoms with Gasteiger partial charge in [-0.2, -0.15) is 0 Å². The molecule has 0 saturated carbocycles. The summed E-state index contributed by atoms with van der Waals surface area (Å²) >= 11 is 0. The highest BCUT2D eigenvalue weighted by atomic mass is 19.1. The maximum atomic E-state index is 13.0. The first-order chi connectivity index (χ1) is 15.0. The van der Waals surface area contributed by atoms with Crippen LogP contribution in [0, 0.1) is 5.82 Å². The summed E-state index contributed by atoms with van der Waals surface area (Å²) in [4.78, 5) is 41.2. The SMILES string of the molecule is COc1cccc(N2C(=O)CC(N3CCC(NC(=O)c4ccc(F)cc4)CC3)C2=O)c1. The molecule has 2 aromatic rings. The molecule has 7 nitrogen and oxygen atoms in total. The van der Waals surface area contributed by atoms with Gasteiger partial charge in [0.25, 0.3) is 11.8 Å². The molecule has 1 N–H and O–H groups in total. The smallest absolute Gasteiger partial charge is 0.251 e. The van der Waals surface area contributed by atoms with E-state index in [1.165, 1.54) is 36.3 Å². The van der Waals surface area contributed by atoms with Crippen LogP contribution in [0.5, 0.6) is 5.75 Å². The van der Waals surface area contributed by atoms with Gasteiger partial charge in [0.05, 0.1) is 25.3 Å². The predicted octanol–water partition coefficient (Wildman–Crippen LogP) is 2.36. The quantitative estimate of drug-likeness (QED) is 0.744. The van der Waals surface area contributed by atoms with Crippen molar-refractivity contribution in [2.45, 2.75) is 31.3 Å². The fourth-order valence-electron chi connectivity index (χ4n) is 4.15. The van der Waals surface area contributed by atoms with Crippen molar-refractivity contribution >= 4 is 23.4 Å². The highest BCUT2D eigenvalue weighted by molar-refractivity contribution is 6.22. The van der Waals surface area contributed by atoms with Crippen LogP contribution in [0.3, 0.4) is 0 Å². The van der Waals surface area contributed by atoms with Crippen molar-refractivity contribution in [1.82, 2.24) is 10.2 Å². The summed E-state index contributed by atoms with van der Waals surface area (Å²) in [7, 11) is 1.54. The number of carbonyl (C=O) groups is 3. The van der Waals surface area contributed by atoms with Gasteiger partial charge in [0.2, 0.25) is 5.91 Å². The Hall–Kier alpha value is -3.26. The number of amides is 3. The van der Waals surface area contributed by atoms with Gasteiger partial charge < -0.3 is 10.1 Å².